The van der Waals surface area contributed by atoms with E-state index in [-0.39, 0.29) is 23.2 Å². The number of carbonyl (C=O) groups excluding carboxylic acids is 1. The van der Waals surface area contributed by atoms with Crippen molar-refractivity contribution < 1.29 is 24.0 Å². The first-order valence-corrected chi connectivity index (χ1v) is 8.97. The van der Waals surface area contributed by atoms with E-state index >= 15 is 0 Å². The molecule has 1 aliphatic rings. The molecule has 6 nitrogen and oxygen atoms in total. The van der Waals surface area contributed by atoms with Gasteiger partial charge >= 0.3 is 5.97 Å². The number of hydrogen-bond donors (Lipinski definition) is 1. The second kappa shape index (κ2) is 7.25. The smallest absolute Gasteiger partial charge is 0.370 e. The summed E-state index contributed by atoms with van der Waals surface area (Å²) in [6.45, 7) is 2.61. The molecule has 138 valence electrons. The highest BCUT2D eigenvalue weighted by Crippen LogP contribution is 2.27. The summed E-state index contributed by atoms with van der Waals surface area (Å²) in [5, 5.41) is 2.36. The lowest BCUT2D eigenvalue weighted by molar-refractivity contribution is -0.658. The summed E-state index contributed by atoms with van der Waals surface area (Å²) < 4.78 is 16.9. The summed E-state index contributed by atoms with van der Waals surface area (Å²) in [6.07, 6.45) is 1.83. The average molecular weight is 366 g/mol. The van der Waals surface area contributed by atoms with Gasteiger partial charge in [-0.15, -0.1) is 0 Å². The number of rotatable bonds is 4. The van der Waals surface area contributed by atoms with Crippen LogP contribution in [0.4, 0.5) is 0 Å². The molecule has 0 amide bonds. The van der Waals surface area contributed by atoms with Crippen LogP contribution in [0.1, 0.15) is 18.6 Å². The molecule has 0 aliphatic carbocycles. The number of ether oxygens (including phenoxy) is 2. The molecule has 1 saturated heterocycles. The van der Waals surface area contributed by atoms with Gasteiger partial charge in [0.05, 0.1) is 11.9 Å². The fourth-order valence-corrected chi connectivity index (χ4v) is 3.24. The van der Waals surface area contributed by atoms with Crippen molar-refractivity contribution >= 4 is 16.9 Å². The summed E-state index contributed by atoms with van der Waals surface area (Å²) >= 11 is 0. The Balaban J connectivity index is 1.64. The third kappa shape index (κ3) is 3.57. The first-order chi connectivity index (χ1) is 13.1. The van der Waals surface area contributed by atoms with Gasteiger partial charge in [-0.05, 0) is 31.2 Å². The van der Waals surface area contributed by atoms with E-state index < -0.39 is 0 Å². The number of benzene rings is 2. The quantitative estimate of drug-likeness (QED) is 0.567. The Hall–Kier alpha value is -3.12. The maximum Gasteiger partial charge on any atom is 0.370 e. The Labute approximate surface area is 155 Å². The molecule has 2 N–H and O–H groups in total. The number of nitrogens with two attached hydrogens (primary N) is 1. The van der Waals surface area contributed by atoms with Gasteiger partial charge in [0.2, 0.25) is 11.2 Å². The zero-order valence-corrected chi connectivity index (χ0v) is 14.9. The average Bonchev–Trinajstić information content (AvgIpc) is 3.21. The minimum Gasteiger partial charge on any atom is -0.457 e. The summed E-state index contributed by atoms with van der Waals surface area (Å²) in [5.74, 6) is 1.18. The Morgan fingerprint density at radius 3 is 2.70 bits per heavy atom. The fourth-order valence-electron chi connectivity index (χ4n) is 3.24. The Morgan fingerprint density at radius 2 is 1.96 bits per heavy atom. The number of esters is 1. The molecule has 1 fully saturated rings. The molecule has 0 spiro atoms. The second-order valence-corrected chi connectivity index (χ2v) is 6.58. The maximum atomic E-state index is 12.8. The van der Waals surface area contributed by atoms with Gasteiger partial charge in [0.1, 0.15) is 22.8 Å². The zero-order chi connectivity index (χ0) is 18.8. The number of carbonyl (C=O) groups is 1. The highest BCUT2D eigenvalue weighted by atomic mass is 16.5. The Bertz CT molecular complexity index is 1040. The van der Waals surface area contributed by atoms with Crippen LogP contribution in [-0.2, 0) is 4.79 Å². The SMILES string of the molecule is Cc1oc2cc(OC(=O)C3CCC[NH2+]3)ccc2c(=O)c1Oc1ccccc1. The van der Waals surface area contributed by atoms with Gasteiger partial charge in [0.25, 0.3) is 0 Å². The number of aryl methyl sites for hydroxylation is 1. The van der Waals surface area contributed by atoms with E-state index in [4.69, 9.17) is 13.9 Å². The third-order valence-corrected chi connectivity index (χ3v) is 4.64. The minimum atomic E-state index is -0.269. The molecule has 1 unspecified atom stereocenters. The maximum absolute atomic E-state index is 12.8. The number of hydrogen-bond acceptors (Lipinski definition) is 5. The van der Waals surface area contributed by atoms with Gasteiger partial charge in [0, 0.05) is 18.9 Å². The van der Waals surface area contributed by atoms with Crippen molar-refractivity contribution in [2.45, 2.75) is 25.8 Å². The van der Waals surface area contributed by atoms with Crippen LogP contribution in [0.25, 0.3) is 11.0 Å². The van der Waals surface area contributed by atoms with Gasteiger partial charge in [-0.25, -0.2) is 4.79 Å². The predicted octanol–water partition coefficient (Wildman–Crippen LogP) is 2.52. The van der Waals surface area contributed by atoms with E-state index in [9.17, 15) is 9.59 Å². The van der Waals surface area contributed by atoms with Gasteiger partial charge in [-0.1, -0.05) is 18.2 Å². The minimum absolute atomic E-state index is 0.152. The van der Waals surface area contributed by atoms with Crippen molar-refractivity contribution in [2.75, 3.05) is 6.54 Å². The van der Waals surface area contributed by atoms with Crippen molar-refractivity contribution in [3.05, 3.63) is 64.5 Å². The van der Waals surface area contributed by atoms with E-state index in [2.05, 4.69) is 0 Å². The van der Waals surface area contributed by atoms with Crippen molar-refractivity contribution in [1.82, 2.24) is 0 Å². The van der Waals surface area contributed by atoms with Crippen LogP contribution >= 0.6 is 0 Å². The van der Waals surface area contributed by atoms with E-state index in [1.54, 1.807) is 37.3 Å². The van der Waals surface area contributed by atoms with E-state index in [1.807, 2.05) is 23.5 Å². The monoisotopic (exact) mass is 366 g/mol. The van der Waals surface area contributed by atoms with Crippen LogP contribution < -0.4 is 20.2 Å². The first kappa shape index (κ1) is 17.3. The van der Waals surface area contributed by atoms with E-state index in [0.29, 0.717) is 28.2 Å². The number of fused-ring (bicyclic) bond motifs is 1. The summed E-state index contributed by atoms with van der Waals surface area (Å²) in [6, 6.07) is 13.7. The Kier molecular flexibility index (Phi) is 4.64. The van der Waals surface area contributed by atoms with Crippen LogP contribution in [0.15, 0.2) is 57.7 Å². The molecule has 27 heavy (non-hydrogen) atoms. The first-order valence-electron chi connectivity index (χ1n) is 8.97. The molecular weight excluding hydrogens is 346 g/mol. The molecule has 6 heteroatoms. The molecule has 0 radical (unpaired) electrons. The number of para-hydroxylation sites is 1. The molecule has 0 bridgehead atoms. The molecule has 1 aromatic heterocycles. The summed E-state index contributed by atoms with van der Waals surface area (Å²) in [4.78, 5) is 25.0. The van der Waals surface area contributed by atoms with Gasteiger partial charge in [0.15, 0.2) is 6.04 Å². The Morgan fingerprint density at radius 1 is 1.15 bits per heavy atom. The lowest BCUT2D eigenvalue weighted by Crippen LogP contribution is -2.88. The molecule has 2 heterocycles. The van der Waals surface area contributed by atoms with Crippen LogP contribution in [0.2, 0.25) is 0 Å². The van der Waals surface area contributed by atoms with Gasteiger partial charge in [-0.2, -0.15) is 0 Å². The molecule has 4 rings (SSSR count). The van der Waals surface area contributed by atoms with Crippen molar-refractivity contribution in [1.29, 1.82) is 0 Å². The second-order valence-electron chi connectivity index (χ2n) is 6.58. The molecule has 0 saturated carbocycles. The third-order valence-electron chi connectivity index (χ3n) is 4.64. The van der Waals surface area contributed by atoms with E-state index in [0.717, 1.165) is 19.4 Å². The van der Waals surface area contributed by atoms with Crippen LogP contribution in [-0.4, -0.2) is 18.6 Å². The van der Waals surface area contributed by atoms with Crippen LogP contribution in [0.5, 0.6) is 17.2 Å². The highest BCUT2D eigenvalue weighted by molar-refractivity contribution is 5.82. The van der Waals surface area contributed by atoms with Crippen LogP contribution in [0, 0.1) is 6.92 Å². The summed E-state index contributed by atoms with van der Waals surface area (Å²) in [5.41, 5.74) is 0.0956. The molecule has 1 atom stereocenters. The fraction of sp³-hybridized carbons (Fsp3) is 0.238. The van der Waals surface area contributed by atoms with Crippen molar-refractivity contribution in [3.8, 4) is 17.2 Å². The predicted molar refractivity (Wildman–Crippen MR) is 99.2 cm³/mol. The molecule has 2 aromatic carbocycles. The lowest BCUT2D eigenvalue weighted by Gasteiger charge is -2.10. The molecular formula is C21H20NO5+. The van der Waals surface area contributed by atoms with E-state index in [1.165, 1.54) is 0 Å². The molecule has 3 aromatic rings. The normalized spacial score (nSPS) is 16.4. The van der Waals surface area contributed by atoms with Crippen molar-refractivity contribution in [3.63, 3.8) is 0 Å². The molecule has 1 aliphatic heterocycles. The number of quaternary nitrogens is 1. The van der Waals surface area contributed by atoms with Gasteiger partial charge in [-0.3, -0.25) is 4.79 Å². The lowest BCUT2D eigenvalue weighted by atomic mass is 10.2. The van der Waals surface area contributed by atoms with Gasteiger partial charge < -0.3 is 19.2 Å². The highest BCUT2D eigenvalue weighted by Gasteiger charge is 2.28. The topological polar surface area (TPSA) is 82.4 Å². The van der Waals surface area contributed by atoms with Crippen molar-refractivity contribution in [2.24, 2.45) is 0 Å². The summed E-state index contributed by atoms with van der Waals surface area (Å²) in [7, 11) is 0. The largest absolute Gasteiger partial charge is 0.457 e. The van der Waals surface area contributed by atoms with Crippen LogP contribution in [0.3, 0.4) is 0 Å². The standard InChI is InChI=1S/C21H19NO5/c1-13-20(26-14-6-3-2-4-7-14)19(23)16-10-9-15(12-18(16)25-13)27-21(24)17-8-5-11-22-17/h2-4,6-7,9-10,12,17,22H,5,8,11H2,1H3/p+1. The zero-order valence-electron chi connectivity index (χ0n) is 14.9.